The maximum Gasteiger partial charge on any atom is 0.255 e. The second kappa shape index (κ2) is 8.06. The third kappa shape index (κ3) is 3.87. The predicted octanol–water partition coefficient (Wildman–Crippen LogP) is 3.27. The molecule has 31 heavy (non-hydrogen) atoms. The van der Waals surface area contributed by atoms with Gasteiger partial charge in [0.1, 0.15) is 11.6 Å². The molecule has 0 spiro atoms. The fourth-order valence-electron chi connectivity index (χ4n) is 4.20. The largest absolute Gasteiger partial charge is 0.345 e. The molecule has 6 nitrogen and oxygen atoms in total. The Hall–Kier alpha value is -3.35. The summed E-state index contributed by atoms with van der Waals surface area (Å²) in [6, 6.07) is 9.38. The average Bonchev–Trinajstić information content (AvgIpc) is 3.06. The van der Waals surface area contributed by atoms with Crippen molar-refractivity contribution in [1.29, 1.82) is 0 Å². The fourth-order valence-corrected chi connectivity index (χ4v) is 4.20. The number of nitrogens with one attached hydrogen (secondary N) is 1. The van der Waals surface area contributed by atoms with Crippen molar-refractivity contribution in [3.05, 3.63) is 70.0 Å². The highest BCUT2D eigenvalue weighted by Crippen LogP contribution is 2.32. The van der Waals surface area contributed by atoms with Crippen molar-refractivity contribution in [2.75, 3.05) is 0 Å². The van der Waals surface area contributed by atoms with Crippen LogP contribution in [0, 0.1) is 12.7 Å². The quantitative estimate of drug-likeness (QED) is 0.767. The van der Waals surface area contributed by atoms with E-state index in [0.29, 0.717) is 0 Å². The topological polar surface area (TPSA) is 83.6 Å². The van der Waals surface area contributed by atoms with Crippen LogP contribution in [0.25, 0.3) is 0 Å². The summed E-state index contributed by atoms with van der Waals surface area (Å²) in [5.74, 6) is -2.22. The summed E-state index contributed by atoms with van der Waals surface area (Å²) in [6.07, 6.45) is 0.280. The van der Waals surface area contributed by atoms with Crippen LogP contribution in [-0.2, 0) is 16.1 Å². The smallest absolute Gasteiger partial charge is 0.255 e. The van der Waals surface area contributed by atoms with Crippen LogP contribution in [0.2, 0.25) is 0 Å². The van der Waals surface area contributed by atoms with Gasteiger partial charge in [-0.3, -0.25) is 19.2 Å². The van der Waals surface area contributed by atoms with Crippen molar-refractivity contribution in [3.63, 3.8) is 0 Å². The molecule has 2 aliphatic rings. The van der Waals surface area contributed by atoms with Crippen molar-refractivity contribution in [2.24, 2.45) is 0 Å². The molecule has 4 rings (SSSR count). The van der Waals surface area contributed by atoms with E-state index in [1.165, 1.54) is 17.0 Å². The molecule has 160 valence electrons. The van der Waals surface area contributed by atoms with E-state index in [1.807, 2.05) is 38.1 Å². The molecule has 0 bridgehead atoms. The maximum atomic E-state index is 15.2. The minimum Gasteiger partial charge on any atom is -0.345 e. The Kier molecular flexibility index (Phi) is 5.43. The number of ketones is 2. The lowest BCUT2D eigenvalue weighted by atomic mass is 9.92. The summed E-state index contributed by atoms with van der Waals surface area (Å²) < 4.78 is 15.2. The normalized spacial score (nSPS) is 19.4. The molecule has 1 heterocycles. The van der Waals surface area contributed by atoms with E-state index in [4.69, 9.17) is 0 Å². The molecule has 0 saturated heterocycles. The number of nitrogens with zero attached hydrogens (tertiary/aromatic N) is 1. The van der Waals surface area contributed by atoms with Crippen LogP contribution in [0.3, 0.4) is 0 Å². The van der Waals surface area contributed by atoms with Crippen molar-refractivity contribution in [3.8, 4) is 0 Å². The first-order chi connectivity index (χ1) is 14.8. The van der Waals surface area contributed by atoms with Crippen molar-refractivity contribution >= 4 is 23.4 Å². The molecule has 1 N–H and O–H groups in total. The number of carbonyl (C=O) groups is 4. The first-order valence-electron chi connectivity index (χ1n) is 10.3. The summed E-state index contributed by atoms with van der Waals surface area (Å²) in [5, 5.41) is 2.79. The van der Waals surface area contributed by atoms with Gasteiger partial charge in [0.25, 0.3) is 11.8 Å². The zero-order valence-electron chi connectivity index (χ0n) is 17.4. The second-order valence-electron chi connectivity index (χ2n) is 8.23. The van der Waals surface area contributed by atoms with Gasteiger partial charge >= 0.3 is 0 Å². The van der Waals surface area contributed by atoms with Gasteiger partial charge in [0, 0.05) is 17.5 Å². The molecule has 2 aromatic rings. The van der Waals surface area contributed by atoms with Gasteiger partial charge in [-0.05, 0) is 38.0 Å². The SMILES string of the molecule is Cc1ccc([C@H](C)NC(=O)c2ccc3c(c2F)CN(C2CCC(=O)CC2=O)C3=O)cc1. The average molecular weight is 422 g/mol. The second-order valence-corrected chi connectivity index (χ2v) is 8.23. The van der Waals surface area contributed by atoms with Gasteiger partial charge < -0.3 is 10.2 Å². The van der Waals surface area contributed by atoms with E-state index in [1.54, 1.807) is 0 Å². The lowest BCUT2D eigenvalue weighted by Gasteiger charge is -2.29. The maximum absolute atomic E-state index is 15.2. The van der Waals surface area contributed by atoms with Crippen LogP contribution < -0.4 is 5.32 Å². The highest BCUT2D eigenvalue weighted by Gasteiger charge is 2.40. The molecule has 2 aromatic carbocycles. The lowest BCUT2D eigenvalue weighted by Crippen LogP contribution is -2.44. The molecule has 1 aliphatic carbocycles. The number of hydrogen-bond donors (Lipinski definition) is 1. The minimum absolute atomic E-state index is 0.0841. The first-order valence-corrected chi connectivity index (χ1v) is 10.3. The van der Waals surface area contributed by atoms with E-state index in [-0.39, 0.29) is 60.1 Å². The van der Waals surface area contributed by atoms with Crippen molar-refractivity contribution in [1.82, 2.24) is 10.2 Å². The zero-order valence-corrected chi connectivity index (χ0v) is 17.4. The molecule has 1 unspecified atom stereocenters. The van der Waals surface area contributed by atoms with Gasteiger partial charge in [0.15, 0.2) is 5.78 Å². The third-order valence-corrected chi connectivity index (χ3v) is 6.05. The number of benzene rings is 2. The number of fused-ring (bicyclic) bond motifs is 1. The Balaban J connectivity index is 1.54. The summed E-state index contributed by atoms with van der Waals surface area (Å²) in [4.78, 5) is 50.6. The van der Waals surface area contributed by atoms with Crippen LogP contribution in [0.1, 0.15) is 69.6 Å². The van der Waals surface area contributed by atoms with Gasteiger partial charge in [-0.2, -0.15) is 0 Å². The number of amides is 2. The lowest BCUT2D eigenvalue weighted by molar-refractivity contribution is -0.133. The van der Waals surface area contributed by atoms with Crippen LogP contribution in [0.15, 0.2) is 36.4 Å². The van der Waals surface area contributed by atoms with Crippen molar-refractivity contribution in [2.45, 2.75) is 51.7 Å². The van der Waals surface area contributed by atoms with Crippen molar-refractivity contribution < 1.29 is 23.6 Å². The predicted molar refractivity (Wildman–Crippen MR) is 111 cm³/mol. The summed E-state index contributed by atoms with van der Waals surface area (Å²) in [7, 11) is 0. The standard InChI is InChI=1S/C24H23FN2O4/c1-13-3-5-15(6-4-13)14(2)26-23(30)18-9-8-17-19(22(18)25)12-27(24(17)31)20-10-7-16(28)11-21(20)29/h3-6,8-9,14,20H,7,10-12H2,1-2H3,(H,26,30)/t14-,20?/m0/s1. The number of carbonyl (C=O) groups excluding carboxylic acids is 4. The Morgan fingerprint density at radius 3 is 2.52 bits per heavy atom. The Labute approximate surface area is 179 Å². The van der Waals surface area contributed by atoms with Gasteiger partial charge in [-0.1, -0.05) is 29.8 Å². The van der Waals surface area contributed by atoms with E-state index in [0.717, 1.165) is 11.1 Å². The molecule has 7 heteroatoms. The summed E-state index contributed by atoms with van der Waals surface area (Å²) in [6.45, 7) is 3.70. The zero-order chi connectivity index (χ0) is 22.3. The molecule has 1 fully saturated rings. The van der Waals surface area contributed by atoms with Gasteiger partial charge in [0.2, 0.25) is 0 Å². The number of halogens is 1. The van der Waals surface area contributed by atoms with E-state index >= 15 is 4.39 Å². The highest BCUT2D eigenvalue weighted by atomic mass is 19.1. The van der Waals surface area contributed by atoms with Crippen LogP contribution in [0.4, 0.5) is 4.39 Å². The van der Waals surface area contributed by atoms with Gasteiger partial charge in [-0.25, -0.2) is 4.39 Å². The number of aryl methyl sites for hydroxylation is 1. The Bertz CT molecular complexity index is 1090. The molecule has 0 aromatic heterocycles. The molecule has 1 saturated carbocycles. The molecule has 1 aliphatic heterocycles. The summed E-state index contributed by atoms with van der Waals surface area (Å²) >= 11 is 0. The molecular formula is C24H23FN2O4. The fraction of sp³-hybridized carbons (Fsp3) is 0.333. The van der Waals surface area contributed by atoms with Crippen LogP contribution in [0.5, 0.6) is 0 Å². The third-order valence-electron chi connectivity index (χ3n) is 6.05. The number of rotatable bonds is 4. The van der Waals surface area contributed by atoms with Gasteiger partial charge in [0.05, 0.1) is 30.6 Å². The highest BCUT2D eigenvalue weighted by molar-refractivity contribution is 6.08. The van der Waals surface area contributed by atoms with E-state index < -0.39 is 23.7 Å². The molecule has 2 amide bonds. The van der Waals surface area contributed by atoms with Crippen LogP contribution >= 0.6 is 0 Å². The van der Waals surface area contributed by atoms with E-state index in [9.17, 15) is 19.2 Å². The summed E-state index contributed by atoms with van der Waals surface area (Å²) in [5.41, 5.74) is 2.13. The molecule has 2 atom stereocenters. The minimum atomic E-state index is -0.749. The first kappa shape index (κ1) is 20.9. The number of Topliss-reactive ketones (excluding diaryl/α,β-unsaturated/α-hetero) is 2. The monoisotopic (exact) mass is 422 g/mol. The Morgan fingerprint density at radius 1 is 1.13 bits per heavy atom. The molecule has 0 radical (unpaired) electrons. The van der Waals surface area contributed by atoms with Gasteiger partial charge in [-0.15, -0.1) is 0 Å². The number of hydrogen-bond acceptors (Lipinski definition) is 4. The molecular weight excluding hydrogens is 399 g/mol. The van der Waals surface area contributed by atoms with E-state index in [2.05, 4.69) is 5.32 Å². The Morgan fingerprint density at radius 2 is 1.84 bits per heavy atom. The van der Waals surface area contributed by atoms with Crippen LogP contribution in [-0.4, -0.2) is 34.3 Å².